The Balaban J connectivity index is 2.36. The molecular formula is C13H19NO4S. The van der Waals surface area contributed by atoms with Crippen LogP contribution in [-0.4, -0.2) is 43.1 Å². The third kappa shape index (κ3) is 2.97. The van der Waals surface area contributed by atoms with Crippen LogP contribution in [0.5, 0.6) is 0 Å². The molecular weight excluding hydrogens is 266 g/mol. The van der Waals surface area contributed by atoms with Gasteiger partial charge in [-0.1, -0.05) is 18.2 Å². The van der Waals surface area contributed by atoms with E-state index in [1.807, 2.05) is 13.8 Å². The zero-order valence-corrected chi connectivity index (χ0v) is 11.9. The Morgan fingerprint density at radius 2 is 1.84 bits per heavy atom. The maximum absolute atomic E-state index is 12.6. The Labute approximate surface area is 113 Å². The zero-order valence-electron chi connectivity index (χ0n) is 11.1. The lowest BCUT2D eigenvalue weighted by molar-refractivity contribution is -0.0441. The van der Waals surface area contributed by atoms with Crippen molar-refractivity contribution in [2.75, 3.05) is 13.1 Å². The first-order valence-electron chi connectivity index (χ1n) is 6.29. The van der Waals surface area contributed by atoms with Crippen LogP contribution in [0.3, 0.4) is 0 Å². The Hall–Kier alpha value is -0.950. The van der Waals surface area contributed by atoms with Gasteiger partial charge < -0.3 is 9.84 Å². The minimum Gasteiger partial charge on any atom is -0.392 e. The van der Waals surface area contributed by atoms with Crippen LogP contribution in [0.15, 0.2) is 29.2 Å². The van der Waals surface area contributed by atoms with Crippen molar-refractivity contribution in [1.82, 2.24) is 4.31 Å². The molecule has 0 aliphatic carbocycles. The molecule has 5 nitrogen and oxygen atoms in total. The summed E-state index contributed by atoms with van der Waals surface area (Å²) < 4.78 is 32.2. The van der Waals surface area contributed by atoms with E-state index in [4.69, 9.17) is 4.74 Å². The predicted molar refractivity (Wildman–Crippen MR) is 71.1 cm³/mol. The number of morpholine rings is 1. The predicted octanol–water partition coefficient (Wildman–Crippen LogP) is 0.977. The van der Waals surface area contributed by atoms with Crippen LogP contribution in [0.4, 0.5) is 0 Å². The molecule has 1 aromatic rings. The molecule has 2 unspecified atom stereocenters. The van der Waals surface area contributed by atoms with Crippen LogP contribution in [0.2, 0.25) is 0 Å². The molecule has 6 heteroatoms. The molecule has 0 spiro atoms. The molecule has 2 rings (SSSR count). The van der Waals surface area contributed by atoms with Gasteiger partial charge in [0, 0.05) is 13.1 Å². The molecule has 106 valence electrons. The number of rotatable bonds is 3. The molecule has 0 bridgehead atoms. The van der Waals surface area contributed by atoms with Gasteiger partial charge in [-0.2, -0.15) is 4.31 Å². The minimum atomic E-state index is -3.58. The van der Waals surface area contributed by atoms with Crippen LogP contribution in [0.1, 0.15) is 19.4 Å². The first-order chi connectivity index (χ1) is 8.95. The number of hydrogen-bond donors (Lipinski definition) is 1. The number of aliphatic hydroxyl groups excluding tert-OH is 1. The van der Waals surface area contributed by atoms with Crippen molar-refractivity contribution < 1.29 is 18.3 Å². The van der Waals surface area contributed by atoms with Gasteiger partial charge in [0.05, 0.1) is 23.7 Å². The fourth-order valence-corrected chi connectivity index (χ4v) is 4.16. The standard InChI is InChI=1S/C13H19NO4S/c1-10-7-14(8-11(2)18-10)19(16,17)13-6-4-3-5-12(13)9-15/h3-6,10-11,15H,7-9H2,1-2H3. The summed E-state index contributed by atoms with van der Waals surface area (Å²) in [5, 5.41) is 9.28. The number of benzene rings is 1. The second-order valence-corrected chi connectivity index (χ2v) is 6.75. The SMILES string of the molecule is CC1CN(S(=O)(=O)c2ccccc2CO)CC(C)O1. The summed E-state index contributed by atoms with van der Waals surface area (Å²) in [6.07, 6.45) is -0.250. The highest BCUT2D eigenvalue weighted by Crippen LogP contribution is 2.23. The lowest BCUT2D eigenvalue weighted by Crippen LogP contribution is -2.48. The number of nitrogens with zero attached hydrogens (tertiary/aromatic N) is 1. The second-order valence-electron chi connectivity index (χ2n) is 4.85. The molecule has 1 aliphatic heterocycles. The molecule has 0 radical (unpaired) electrons. The molecule has 1 N–H and O–H groups in total. The fourth-order valence-electron chi connectivity index (χ4n) is 2.35. The largest absolute Gasteiger partial charge is 0.392 e. The topological polar surface area (TPSA) is 66.8 Å². The number of hydrogen-bond acceptors (Lipinski definition) is 4. The van der Waals surface area contributed by atoms with Crippen molar-refractivity contribution >= 4 is 10.0 Å². The summed E-state index contributed by atoms with van der Waals surface area (Å²) in [5.41, 5.74) is 0.425. The number of ether oxygens (including phenoxy) is 1. The van der Waals surface area contributed by atoms with Gasteiger partial charge in [0.25, 0.3) is 0 Å². The molecule has 19 heavy (non-hydrogen) atoms. The smallest absolute Gasteiger partial charge is 0.243 e. The van der Waals surface area contributed by atoms with Gasteiger partial charge in [-0.15, -0.1) is 0 Å². The van der Waals surface area contributed by atoms with Crippen molar-refractivity contribution in [3.8, 4) is 0 Å². The average molecular weight is 285 g/mol. The highest BCUT2D eigenvalue weighted by Gasteiger charge is 2.33. The lowest BCUT2D eigenvalue weighted by Gasteiger charge is -2.34. The average Bonchev–Trinajstić information content (AvgIpc) is 2.37. The van der Waals surface area contributed by atoms with Gasteiger partial charge >= 0.3 is 0 Å². The Morgan fingerprint density at radius 1 is 1.26 bits per heavy atom. The third-order valence-electron chi connectivity index (χ3n) is 3.15. The van der Waals surface area contributed by atoms with Gasteiger partial charge in [-0.25, -0.2) is 8.42 Å². The van der Waals surface area contributed by atoms with Crippen molar-refractivity contribution in [1.29, 1.82) is 0 Å². The van der Waals surface area contributed by atoms with Crippen molar-refractivity contribution in [2.24, 2.45) is 0 Å². The van der Waals surface area contributed by atoms with E-state index in [0.717, 1.165) is 0 Å². The van der Waals surface area contributed by atoms with Gasteiger partial charge in [-0.3, -0.25) is 0 Å². The summed E-state index contributed by atoms with van der Waals surface area (Å²) in [7, 11) is -3.58. The van der Waals surface area contributed by atoms with Crippen LogP contribution in [0.25, 0.3) is 0 Å². The molecule has 0 saturated carbocycles. The van der Waals surface area contributed by atoms with Crippen molar-refractivity contribution in [3.05, 3.63) is 29.8 Å². The molecule has 1 fully saturated rings. The molecule has 1 heterocycles. The quantitative estimate of drug-likeness (QED) is 0.899. The maximum Gasteiger partial charge on any atom is 0.243 e. The van der Waals surface area contributed by atoms with Gasteiger partial charge in [0.15, 0.2) is 0 Å². The molecule has 0 aromatic heterocycles. The van der Waals surface area contributed by atoms with Crippen molar-refractivity contribution in [3.63, 3.8) is 0 Å². The number of aliphatic hydroxyl groups is 1. The second kappa shape index (κ2) is 5.58. The Kier molecular flexibility index (Phi) is 4.25. The Bertz CT molecular complexity index is 533. The third-order valence-corrected chi connectivity index (χ3v) is 5.08. The lowest BCUT2D eigenvalue weighted by atomic mass is 10.2. The summed E-state index contributed by atoms with van der Waals surface area (Å²) in [5.74, 6) is 0. The van der Waals surface area contributed by atoms with E-state index in [9.17, 15) is 13.5 Å². The van der Waals surface area contributed by atoms with E-state index >= 15 is 0 Å². The first-order valence-corrected chi connectivity index (χ1v) is 7.73. The normalized spacial score (nSPS) is 25.4. The van der Waals surface area contributed by atoms with Crippen LogP contribution < -0.4 is 0 Å². The van der Waals surface area contributed by atoms with Crippen LogP contribution in [0, 0.1) is 0 Å². The van der Waals surface area contributed by atoms with Crippen molar-refractivity contribution in [2.45, 2.75) is 37.6 Å². The summed E-state index contributed by atoms with van der Waals surface area (Å²) in [6.45, 7) is 4.11. The summed E-state index contributed by atoms with van der Waals surface area (Å²) >= 11 is 0. The maximum atomic E-state index is 12.6. The van der Waals surface area contributed by atoms with Crippen LogP contribution in [-0.2, 0) is 21.4 Å². The van der Waals surface area contributed by atoms with E-state index in [1.165, 1.54) is 10.4 Å². The van der Waals surface area contributed by atoms with Gasteiger partial charge in [0.2, 0.25) is 10.0 Å². The zero-order chi connectivity index (χ0) is 14.0. The minimum absolute atomic E-state index is 0.125. The molecule has 1 saturated heterocycles. The molecule has 1 aliphatic rings. The molecule has 1 aromatic carbocycles. The van der Waals surface area contributed by atoms with Gasteiger partial charge in [0.1, 0.15) is 0 Å². The summed E-state index contributed by atoms with van der Waals surface area (Å²) in [4.78, 5) is 0.179. The van der Waals surface area contributed by atoms with Crippen LogP contribution >= 0.6 is 0 Å². The highest BCUT2D eigenvalue weighted by atomic mass is 32.2. The monoisotopic (exact) mass is 285 g/mol. The van der Waals surface area contributed by atoms with E-state index < -0.39 is 10.0 Å². The highest BCUT2D eigenvalue weighted by molar-refractivity contribution is 7.89. The summed E-state index contributed by atoms with van der Waals surface area (Å²) in [6, 6.07) is 6.54. The van der Waals surface area contributed by atoms with E-state index in [-0.39, 0.29) is 23.7 Å². The fraction of sp³-hybridized carbons (Fsp3) is 0.538. The first kappa shape index (κ1) is 14.5. The Morgan fingerprint density at radius 3 is 2.42 bits per heavy atom. The van der Waals surface area contributed by atoms with E-state index in [1.54, 1.807) is 18.2 Å². The van der Waals surface area contributed by atoms with Gasteiger partial charge in [-0.05, 0) is 25.5 Å². The molecule has 2 atom stereocenters. The number of sulfonamides is 1. The molecule has 0 amide bonds. The van der Waals surface area contributed by atoms with E-state index in [2.05, 4.69) is 0 Å². The van der Waals surface area contributed by atoms with E-state index in [0.29, 0.717) is 18.7 Å².